The predicted octanol–water partition coefficient (Wildman–Crippen LogP) is 3.66. The highest BCUT2D eigenvalue weighted by Crippen LogP contribution is 2.68. The maximum atomic E-state index is 12.4. The molecule has 0 saturated carbocycles. The summed E-state index contributed by atoms with van der Waals surface area (Å²) in [5.74, 6) is -0.461. The quantitative estimate of drug-likeness (QED) is 0.402. The van der Waals surface area contributed by atoms with E-state index in [-0.39, 0.29) is 26.1 Å². The molecule has 0 aromatic heterocycles. The molecule has 9 heteroatoms. The number of hydrogen-bond acceptors (Lipinski definition) is 5. The summed E-state index contributed by atoms with van der Waals surface area (Å²) in [4.78, 5) is 10.8. The van der Waals surface area contributed by atoms with Crippen LogP contribution < -0.4 is 0 Å². The van der Waals surface area contributed by atoms with Crippen LogP contribution in [-0.2, 0) is 23.1 Å². The molecule has 106 valence electrons. The zero-order valence-electron chi connectivity index (χ0n) is 9.95. The van der Waals surface area contributed by atoms with Gasteiger partial charge in [0.15, 0.2) is 5.06 Å². The maximum absolute atomic E-state index is 12.4. The van der Waals surface area contributed by atoms with Crippen molar-refractivity contribution >= 4 is 48.4 Å². The number of ether oxygens (including phenoxy) is 1. The molecule has 1 rings (SSSR count). The summed E-state index contributed by atoms with van der Waals surface area (Å²) < 4.78 is 25.4. The lowest BCUT2D eigenvalue weighted by atomic mass is 10.1. The van der Waals surface area contributed by atoms with Gasteiger partial charge < -0.3 is 13.8 Å². The van der Waals surface area contributed by atoms with Crippen molar-refractivity contribution in [3.8, 4) is 0 Å². The van der Waals surface area contributed by atoms with Crippen molar-refractivity contribution in [2.24, 2.45) is 0 Å². The Hall–Kier alpha value is 0.490. The second kappa shape index (κ2) is 5.86. The van der Waals surface area contributed by atoms with Crippen molar-refractivity contribution in [1.29, 1.82) is 0 Å². The fourth-order valence-electron chi connectivity index (χ4n) is 1.49. The minimum absolute atomic E-state index is 0.0476. The number of carbonyl (C=O) groups is 1. The van der Waals surface area contributed by atoms with Gasteiger partial charge in [-0.15, -0.1) is 0 Å². The van der Waals surface area contributed by atoms with E-state index in [1.165, 1.54) is 0 Å². The number of cyclic esters (lactones) is 1. The molecule has 0 N–H and O–H groups in total. The number of alkyl halides is 3. The Bertz CT molecular complexity index is 355. The first kappa shape index (κ1) is 16.5. The lowest BCUT2D eigenvalue weighted by molar-refractivity contribution is -0.176. The molecule has 0 bridgehead atoms. The van der Waals surface area contributed by atoms with E-state index in [1.54, 1.807) is 13.8 Å². The third-order valence-corrected chi connectivity index (χ3v) is 6.19. The first-order valence-electron chi connectivity index (χ1n) is 5.36. The summed E-state index contributed by atoms with van der Waals surface area (Å²) >= 11 is 18.0. The average Bonchev–Trinajstić information content (AvgIpc) is 2.14. The molecular formula is C9H14Cl3O5P. The fourth-order valence-corrected chi connectivity index (χ4v) is 4.71. The Morgan fingerprint density at radius 3 is 2.17 bits per heavy atom. The monoisotopic (exact) mass is 338 g/mol. The molecular weight excluding hydrogens is 325 g/mol. The smallest absolute Gasteiger partial charge is 0.366 e. The van der Waals surface area contributed by atoms with Crippen LogP contribution in [0.5, 0.6) is 0 Å². The van der Waals surface area contributed by atoms with Crippen molar-refractivity contribution in [2.45, 2.75) is 35.8 Å². The Morgan fingerprint density at radius 1 is 1.39 bits per heavy atom. The van der Waals surface area contributed by atoms with Gasteiger partial charge in [0.25, 0.3) is 0 Å². The van der Waals surface area contributed by atoms with Crippen molar-refractivity contribution < 1.29 is 23.1 Å². The van der Waals surface area contributed by atoms with Crippen LogP contribution in [0.25, 0.3) is 0 Å². The summed E-state index contributed by atoms with van der Waals surface area (Å²) in [6.45, 7) is 3.51. The summed E-state index contributed by atoms with van der Waals surface area (Å²) in [5.41, 5.74) is 0. The van der Waals surface area contributed by atoms with Crippen LogP contribution in [0.15, 0.2) is 0 Å². The van der Waals surface area contributed by atoms with Crippen molar-refractivity contribution in [1.82, 2.24) is 0 Å². The largest absolute Gasteiger partial charge is 0.442 e. The van der Waals surface area contributed by atoms with E-state index in [4.69, 9.17) is 48.6 Å². The highest BCUT2D eigenvalue weighted by molar-refractivity contribution is 7.60. The van der Waals surface area contributed by atoms with Gasteiger partial charge in [-0.05, 0) is 13.8 Å². The standard InChI is InChI=1S/C9H14Cl3O5P/c1-3-15-18(14,16-4-2)9(11,12)6-8(10)5-7(13)17-8/h3-6H2,1-2H3. The summed E-state index contributed by atoms with van der Waals surface area (Å²) in [5, 5.41) is -1.34. The van der Waals surface area contributed by atoms with Crippen LogP contribution in [0.4, 0.5) is 0 Å². The minimum Gasteiger partial charge on any atom is -0.442 e. The Balaban J connectivity index is 2.82. The summed E-state index contributed by atoms with van der Waals surface area (Å²) in [6.07, 6.45) is -0.290. The highest BCUT2D eigenvalue weighted by Gasteiger charge is 2.58. The predicted molar refractivity (Wildman–Crippen MR) is 69.2 cm³/mol. The van der Waals surface area contributed by atoms with Crippen LogP contribution in [0.2, 0.25) is 0 Å². The van der Waals surface area contributed by atoms with Gasteiger partial charge in [0.1, 0.15) is 6.42 Å². The van der Waals surface area contributed by atoms with Crippen molar-refractivity contribution in [3.05, 3.63) is 0 Å². The molecule has 1 atom stereocenters. The third kappa shape index (κ3) is 3.53. The maximum Gasteiger partial charge on any atom is 0.366 e. The number of carbonyl (C=O) groups excluding carboxylic acids is 1. The van der Waals surface area contributed by atoms with Crippen LogP contribution in [-0.4, -0.2) is 28.3 Å². The van der Waals surface area contributed by atoms with Crippen molar-refractivity contribution in [2.75, 3.05) is 13.2 Å². The summed E-state index contributed by atoms with van der Waals surface area (Å²) in [6, 6.07) is 0. The van der Waals surface area contributed by atoms with Gasteiger partial charge in [0.05, 0.1) is 13.2 Å². The third-order valence-electron chi connectivity index (χ3n) is 2.18. The SMILES string of the molecule is CCOP(=O)(OCC)C(Cl)(Cl)CC1(Cl)CC(=O)O1. The van der Waals surface area contributed by atoms with Gasteiger partial charge in [-0.3, -0.25) is 9.36 Å². The van der Waals surface area contributed by atoms with E-state index in [9.17, 15) is 9.36 Å². The molecule has 0 amide bonds. The number of hydrogen-bond donors (Lipinski definition) is 0. The van der Waals surface area contributed by atoms with Crippen LogP contribution in [0.3, 0.4) is 0 Å². The van der Waals surface area contributed by atoms with Gasteiger partial charge in [-0.2, -0.15) is 0 Å². The number of halogens is 3. The molecule has 1 saturated heterocycles. The first-order valence-corrected chi connectivity index (χ1v) is 8.03. The molecule has 1 fully saturated rings. The molecule has 0 aliphatic carbocycles. The molecule has 18 heavy (non-hydrogen) atoms. The van der Waals surface area contributed by atoms with Crippen LogP contribution in [0.1, 0.15) is 26.7 Å². The molecule has 5 nitrogen and oxygen atoms in total. The van der Waals surface area contributed by atoms with E-state index >= 15 is 0 Å². The Morgan fingerprint density at radius 2 is 1.83 bits per heavy atom. The van der Waals surface area contributed by atoms with E-state index in [1.807, 2.05) is 0 Å². The number of esters is 1. The van der Waals surface area contributed by atoms with Crippen LogP contribution in [0, 0.1) is 0 Å². The Labute approximate surface area is 121 Å². The van der Waals surface area contributed by atoms with Gasteiger partial charge >= 0.3 is 13.6 Å². The zero-order valence-corrected chi connectivity index (χ0v) is 13.1. The lowest BCUT2D eigenvalue weighted by Crippen LogP contribution is -2.46. The normalized spacial score (nSPS) is 24.6. The summed E-state index contributed by atoms with van der Waals surface area (Å²) in [7, 11) is -3.76. The van der Waals surface area contributed by atoms with Gasteiger partial charge in [0, 0.05) is 6.42 Å². The van der Waals surface area contributed by atoms with E-state index in [2.05, 4.69) is 0 Å². The molecule has 1 heterocycles. The van der Waals surface area contributed by atoms with Crippen LogP contribution >= 0.6 is 42.4 Å². The molecule has 0 spiro atoms. The number of rotatable bonds is 7. The molecule has 1 aliphatic heterocycles. The second-order valence-corrected chi connectivity index (χ2v) is 8.68. The average molecular weight is 340 g/mol. The van der Waals surface area contributed by atoms with E-state index in [0.29, 0.717) is 0 Å². The molecule has 0 aromatic rings. The van der Waals surface area contributed by atoms with Gasteiger partial charge in [0.2, 0.25) is 4.07 Å². The first-order chi connectivity index (χ1) is 8.18. The second-order valence-electron chi connectivity index (χ2n) is 3.71. The minimum atomic E-state index is -3.76. The fraction of sp³-hybridized carbons (Fsp3) is 0.889. The molecule has 0 radical (unpaired) electrons. The van der Waals surface area contributed by atoms with E-state index in [0.717, 1.165) is 0 Å². The van der Waals surface area contributed by atoms with Gasteiger partial charge in [-0.25, -0.2) is 0 Å². The lowest BCUT2D eigenvalue weighted by Gasteiger charge is -2.39. The topological polar surface area (TPSA) is 61.8 Å². The zero-order chi connectivity index (χ0) is 14.0. The van der Waals surface area contributed by atoms with E-state index < -0.39 is 22.7 Å². The highest BCUT2D eigenvalue weighted by atomic mass is 35.5. The molecule has 1 aliphatic rings. The molecule has 0 aromatic carbocycles. The van der Waals surface area contributed by atoms with Gasteiger partial charge in [-0.1, -0.05) is 34.8 Å². The molecule has 1 unspecified atom stereocenters. The Kier molecular flexibility index (Phi) is 5.39. The van der Waals surface area contributed by atoms with Crippen molar-refractivity contribution in [3.63, 3.8) is 0 Å².